The summed E-state index contributed by atoms with van der Waals surface area (Å²) in [6, 6.07) is 16.3. The van der Waals surface area contributed by atoms with E-state index in [0.717, 1.165) is 32.1 Å². The number of carbonyl (C=O) groups is 3. The van der Waals surface area contributed by atoms with Crippen molar-refractivity contribution in [2.24, 2.45) is 0 Å². The van der Waals surface area contributed by atoms with Gasteiger partial charge in [-0.05, 0) is 49.1 Å². The van der Waals surface area contributed by atoms with Crippen LogP contribution in [0.3, 0.4) is 0 Å². The number of ether oxygens (including phenoxy) is 2. The van der Waals surface area contributed by atoms with Gasteiger partial charge in [0.1, 0.15) is 23.4 Å². The molecule has 1 aliphatic carbocycles. The lowest BCUT2D eigenvalue weighted by Gasteiger charge is -2.34. The Morgan fingerprint density at radius 1 is 0.952 bits per heavy atom. The molecule has 1 saturated carbocycles. The van der Waals surface area contributed by atoms with Crippen LogP contribution in [0.4, 0.5) is 11.5 Å². The first kappa shape index (κ1) is 30.8. The number of nitrogens with one attached hydrogen (secondary N) is 2. The van der Waals surface area contributed by atoms with Crippen molar-refractivity contribution in [3.63, 3.8) is 0 Å². The van der Waals surface area contributed by atoms with Gasteiger partial charge in [-0.15, -0.1) is 0 Å². The lowest BCUT2D eigenvalue weighted by molar-refractivity contribution is -0.127. The number of rotatable bonds is 12. The number of anilines is 2. The molecular weight excluding hydrogens is 556 g/mol. The van der Waals surface area contributed by atoms with Crippen molar-refractivity contribution >= 4 is 40.8 Å². The quantitative estimate of drug-likeness (QED) is 0.264. The van der Waals surface area contributed by atoms with Gasteiger partial charge in [-0.1, -0.05) is 49.1 Å². The summed E-state index contributed by atoms with van der Waals surface area (Å²) >= 11 is 6.19. The third kappa shape index (κ3) is 8.45. The van der Waals surface area contributed by atoms with Crippen molar-refractivity contribution in [2.75, 3.05) is 24.4 Å². The van der Waals surface area contributed by atoms with Gasteiger partial charge >= 0.3 is 0 Å². The maximum Gasteiger partial charge on any atom is 0.248 e. The lowest BCUT2D eigenvalue weighted by Crippen LogP contribution is -2.47. The Kier molecular flexibility index (Phi) is 11.2. The van der Waals surface area contributed by atoms with Crippen molar-refractivity contribution in [1.29, 1.82) is 0 Å². The molecule has 0 unspecified atom stereocenters. The van der Waals surface area contributed by atoms with Crippen LogP contribution in [0.1, 0.15) is 63.0 Å². The van der Waals surface area contributed by atoms with Crippen LogP contribution < -0.4 is 25.0 Å². The molecule has 1 aromatic heterocycles. The minimum absolute atomic E-state index is 0.0238. The first-order valence-corrected chi connectivity index (χ1v) is 14.6. The average molecular weight is 593 g/mol. The number of benzene rings is 2. The average Bonchev–Trinajstić information content (AvgIpc) is 3.01. The zero-order valence-corrected chi connectivity index (χ0v) is 24.7. The molecular formula is C32H37ClN4O5. The standard InChI is InChI=1S/C32H37ClN4O5/c1-41-26-19-25(20-27(21-26)42-2)37(30(39)13-8-12-29(38)36-28-11-6-7-18-34-28)31(22-14-16-23(33)17-15-22)32(40)35-24-9-4-3-5-10-24/h6-7,11,14-21,24,31H,3-5,8-10,12-13H2,1-2H3,(H,35,40)(H,34,36,38)/t31-/m0/s1. The molecule has 4 rings (SSSR count). The van der Waals surface area contributed by atoms with Crippen LogP contribution >= 0.6 is 11.6 Å². The maximum atomic E-state index is 14.1. The molecule has 2 N–H and O–H groups in total. The Balaban J connectivity index is 1.64. The molecule has 1 fully saturated rings. The second-order valence-electron chi connectivity index (χ2n) is 10.2. The van der Waals surface area contributed by atoms with Gasteiger partial charge in [-0.2, -0.15) is 0 Å². The third-order valence-corrected chi connectivity index (χ3v) is 7.51. The van der Waals surface area contributed by atoms with Crippen LogP contribution in [0.25, 0.3) is 0 Å². The predicted octanol–water partition coefficient (Wildman–Crippen LogP) is 6.08. The van der Waals surface area contributed by atoms with Crippen LogP contribution in [0, 0.1) is 0 Å². The fourth-order valence-electron chi connectivity index (χ4n) is 5.12. The zero-order valence-electron chi connectivity index (χ0n) is 24.0. The molecule has 0 saturated heterocycles. The molecule has 222 valence electrons. The molecule has 0 aliphatic heterocycles. The molecule has 0 radical (unpaired) electrons. The van der Waals surface area contributed by atoms with Crippen LogP contribution in [-0.2, 0) is 14.4 Å². The number of aromatic nitrogens is 1. The Morgan fingerprint density at radius 2 is 1.64 bits per heavy atom. The lowest BCUT2D eigenvalue weighted by atomic mass is 9.94. The van der Waals surface area contributed by atoms with Crippen molar-refractivity contribution < 1.29 is 23.9 Å². The number of hydrogen-bond donors (Lipinski definition) is 2. The van der Waals surface area contributed by atoms with E-state index in [9.17, 15) is 14.4 Å². The Bertz CT molecular complexity index is 1320. The summed E-state index contributed by atoms with van der Waals surface area (Å²) in [5.41, 5.74) is 1.05. The highest BCUT2D eigenvalue weighted by atomic mass is 35.5. The van der Waals surface area contributed by atoms with E-state index < -0.39 is 6.04 Å². The van der Waals surface area contributed by atoms with E-state index in [-0.39, 0.29) is 43.0 Å². The van der Waals surface area contributed by atoms with Gasteiger partial charge in [-0.25, -0.2) is 4.98 Å². The zero-order chi connectivity index (χ0) is 29.9. The molecule has 3 amide bonds. The molecule has 1 aliphatic rings. The van der Waals surface area contributed by atoms with Crippen molar-refractivity contribution in [1.82, 2.24) is 10.3 Å². The smallest absolute Gasteiger partial charge is 0.248 e. The Morgan fingerprint density at radius 3 is 2.26 bits per heavy atom. The van der Waals surface area contributed by atoms with E-state index in [1.807, 2.05) is 0 Å². The van der Waals surface area contributed by atoms with Gasteiger partial charge in [0.2, 0.25) is 17.7 Å². The number of pyridine rings is 1. The molecule has 1 heterocycles. The SMILES string of the molecule is COc1cc(OC)cc(N(C(=O)CCCC(=O)Nc2ccccn2)[C@H](C(=O)NC2CCCCC2)c2ccc(Cl)cc2)c1. The summed E-state index contributed by atoms with van der Waals surface area (Å²) in [6.07, 6.45) is 7.03. The summed E-state index contributed by atoms with van der Waals surface area (Å²) in [6.45, 7) is 0. The molecule has 10 heteroatoms. The third-order valence-electron chi connectivity index (χ3n) is 7.25. The van der Waals surface area contributed by atoms with Gasteiger partial charge in [0.05, 0.1) is 19.9 Å². The summed E-state index contributed by atoms with van der Waals surface area (Å²) in [5, 5.41) is 6.45. The Labute approximate surface area is 251 Å². The fourth-order valence-corrected chi connectivity index (χ4v) is 5.25. The van der Waals surface area contributed by atoms with Gasteiger partial charge < -0.3 is 20.1 Å². The molecule has 2 aromatic carbocycles. The fraction of sp³-hybridized carbons (Fsp3) is 0.375. The molecule has 42 heavy (non-hydrogen) atoms. The minimum atomic E-state index is -0.990. The minimum Gasteiger partial charge on any atom is -0.497 e. The highest BCUT2D eigenvalue weighted by Gasteiger charge is 2.34. The van der Waals surface area contributed by atoms with Crippen LogP contribution in [0.15, 0.2) is 66.9 Å². The summed E-state index contributed by atoms with van der Waals surface area (Å²) in [7, 11) is 3.05. The topological polar surface area (TPSA) is 110 Å². The molecule has 0 spiro atoms. The van der Waals surface area contributed by atoms with Gasteiger partial charge in [0.15, 0.2) is 0 Å². The van der Waals surface area contributed by atoms with Gasteiger partial charge in [-0.3, -0.25) is 19.3 Å². The molecule has 1 atom stereocenters. The Hall–Kier alpha value is -4.11. The van der Waals surface area contributed by atoms with E-state index in [4.69, 9.17) is 21.1 Å². The van der Waals surface area contributed by atoms with Crippen LogP contribution in [-0.4, -0.2) is 43.0 Å². The predicted molar refractivity (Wildman–Crippen MR) is 163 cm³/mol. The summed E-state index contributed by atoms with van der Waals surface area (Å²) < 4.78 is 11.0. The normalized spacial score (nSPS) is 14.0. The summed E-state index contributed by atoms with van der Waals surface area (Å²) in [4.78, 5) is 46.2. The maximum absolute atomic E-state index is 14.1. The molecule has 3 aromatic rings. The highest BCUT2D eigenvalue weighted by molar-refractivity contribution is 6.30. The number of carbonyl (C=O) groups excluding carboxylic acids is 3. The van der Waals surface area contributed by atoms with Gasteiger partial charge in [0.25, 0.3) is 0 Å². The van der Waals surface area contributed by atoms with Crippen molar-refractivity contribution in [3.05, 3.63) is 77.4 Å². The first-order chi connectivity index (χ1) is 20.4. The van der Waals surface area contributed by atoms with E-state index in [2.05, 4.69) is 15.6 Å². The largest absolute Gasteiger partial charge is 0.497 e. The van der Waals surface area contributed by atoms with E-state index in [1.165, 1.54) is 19.1 Å². The van der Waals surface area contributed by atoms with E-state index in [0.29, 0.717) is 33.6 Å². The van der Waals surface area contributed by atoms with Crippen LogP contribution in [0.5, 0.6) is 11.5 Å². The molecule has 9 nitrogen and oxygen atoms in total. The first-order valence-electron chi connectivity index (χ1n) is 14.2. The number of amides is 3. The summed E-state index contributed by atoms with van der Waals surface area (Å²) in [5.74, 6) is 0.530. The number of hydrogen-bond acceptors (Lipinski definition) is 6. The number of nitrogens with zero attached hydrogens (tertiary/aromatic N) is 2. The highest BCUT2D eigenvalue weighted by Crippen LogP contribution is 2.35. The van der Waals surface area contributed by atoms with E-state index in [1.54, 1.807) is 66.9 Å². The van der Waals surface area contributed by atoms with Crippen LogP contribution in [0.2, 0.25) is 5.02 Å². The number of methoxy groups -OCH3 is 2. The van der Waals surface area contributed by atoms with Crippen molar-refractivity contribution in [3.8, 4) is 11.5 Å². The van der Waals surface area contributed by atoms with E-state index >= 15 is 0 Å². The second kappa shape index (κ2) is 15.2. The second-order valence-corrected chi connectivity index (χ2v) is 10.7. The van der Waals surface area contributed by atoms with Crippen molar-refractivity contribution in [2.45, 2.75) is 63.5 Å². The van der Waals surface area contributed by atoms with Gasteiger partial charge in [0, 0.05) is 48.3 Å². The number of halogens is 1. The monoisotopic (exact) mass is 592 g/mol. The molecule has 0 bridgehead atoms.